The van der Waals surface area contributed by atoms with Crippen molar-refractivity contribution in [3.63, 3.8) is 0 Å². The summed E-state index contributed by atoms with van der Waals surface area (Å²) in [6, 6.07) is 5.86. The number of hydrogen-bond acceptors (Lipinski definition) is 5. The van der Waals surface area contributed by atoms with Crippen LogP contribution in [0.1, 0.15) is 12.8 Å². The van der Waals surface area contributed by atoms with Gasteiger partial charge in [0.1, 0.15) is 0 Å². The van der Waals surface area contributed by atoms with Gasteiger partial charge < -0.3 is 4.74 Å². The van der Waals surface area contributed by atoms with Crippen molar-refractivity contribution < 1.29 is 21.6 Å². The topological polar surface area (TPSA) is 92.8 Å². The molecular formula is C13H20N2O5S2. The van der Waals surface area contributed by atoms with Crippen molar-refractivity contribution in [2.45, 2.75) is 17.7 Å². The second-order valence-corrected chi connectivity index (χ2v) is 8.83. The number of sulfonamides is 2. The summed E-state index contributed by atoms with van der Waals surface area (Å²) in [5.41, 5.74) is 0.233. The van der Waals surface area contributed by atoms with Crippen molar-refractivity contribution in [2.24, 2.45) is 0 Å². The summed E-state index contributed by atoms with van der Waals surface area (Å²) in [6.45, 7) is 1.08. The molecule has 1 aliphatic rings. The largest absolute Gasteiger partial charge is 0.384 e. The van der Waals surface area contributed by atoms with E-state index >= 15 is 0 Å². The Morgan fingerprint density at radius 3 is 2.50 bits per heavy atom. The van der Waals surface area contributed by atoms with Crippen LogP contribution in [0.4, 0.5) is 5.69 Å². The summed E-state index contributed by atoms with van der Waals surface area (Å²) < 4.78 is 57.1. The van der Waals surface area contributed by atoms with Gasteiger partial charge in [-0.3, -0.25) is 4.72 Å². The molecule has 1 aromatic carbocycles. The van der Waals surface area contributed by atoms with Crippen LogP contribution >= 0.6 is 0 Å². The van der Waals surface area contributed by atoms with Crippen LogP contribution in [0, 0.1) is 0 Å². The van der Waals surface area contributed by atoms with Crippen LogP contribution in [-0.2, 0) is 24.8 Å². The molecule has 1 fully saturated rings. The molecule has 0 bridgehead atoms. The molecule has 0 aliphatic carbocycles. The van der Waals surface area contributed by atoms with Crippen LogP contribution in [0.2, 0.25) is 0 Å². The molecule has 124 valence electrons. The normalized spacial score (nSPS) is 16.8. The number of nitrogens with one attached hydrogen (secondary N) is 1. The number of anilines is 1. The van der Waals surface area contributed by atoms with Gasteiger partial charge in [0.25, 0.3) is 0 Å². The molecule has 0 spiro atoms. The number of rotatable bonds is 7. The molecule has 9 heteroatoms. The maximum Gasteiger partial charge on any atom is 0.243 e. The van der Waals surface area contributed by atoms with Crippen LogP contribution in [0.15, 0.2) is 29.2 Å². The lowest BCUT2D eigenvalue weighted by Gasteiger charge is -2.16. The highest BCUT2D eigenvalue weighted by Crippen LogP contribution is 2.23. The minimum atomic E-state index is -3.56. The average Bonchev–Trinajstić information content (AvgIpc) is 3.00. The predicted molar refractivity (Wildman–Crippen MR) is 83.7 cm³/mol. The summed E-state index contributed by atoms with van der Waals surface area (Å²) >= 11 is 0. The van der Waals surface area contributed by atoms with E-state index in [9.17, 15) is 16.8 Å². The number of nitrogens with zero attached hydrogens (tertiary/aromatic N) is 1. The smallest absolute Gasteiger partial charge is 0.243 e. The number of hydrogen-bond donors (Lipinski definition) is 1. The summed E-state index contributed by atoms with van der Waals surface area (Å²) in [7, 11) is -5.71. The quantitative estimate of drug-likeness (QED) is 0.789. The Hall–Kier alpha value is -1.16. The van der Waals surface area contributed by atoms with Crippen LogP contribution < -0.4 is 4.72 Å². The van der Waals surface area contributed by atoms with Crippen molar-refractivity contribution in [1.29, 1.82) is 0 Å². The van der Waals surface area contributed by atoms with Crippen molar-refractivity contribution in [3.8, 4) is 0 Å². The number of benzene rings is 1. The molecule has 1 N–H and O–H groups in total. The fourth-order valence-corrected chi connectivity index (χ4v) is 4.76. The Bertz CT molecular complexity index is 710. The maximum absolute atomic E-state index is 12.5. The fraction of sp³-hybridized carbons (Fsp3) is 0.538. The van der Waals surface area contributed by atoms with Gasteiger partial charge in [0, 0.05) is 25.9 Å². The average molecular weight is 348 g/mol. The lowest BCUT2D eigenvalue weighted by molar-refractivity contribution is 0.217. The molecule has 0 aromatic heterocycles. The van der Waals surface area contributed by atoms with Gasteiger partial charge in [-0.25, -0.2) is 16.8 Å². The van der Waals surface area contributed by atoms with E-state index in [-0.39, 0.29) is 22.9 Å². The molecule has 0 atom stereocenters. The molecule has 0 amide bonds. The van der Waals surface area contributed by atoms with E-state index in [0.29, 0.717) is 13.1 Å². The molecule has 2 rings (SSSR count). The first-order chi connectivity index (χ1) is 10.3. The molecule has 1 heterocycles. The predicted octanol–water partition coefficient (Wildman–Crippen LogP) is 0.859. The lowest BCUT2D eigenvalue weighted by atomic mass is 10.3. The Labute approximate surface area is 131 Å². The van der Waals surface area contributed by atoms with Gasteiger partial charge in [-0.05, 0) is 31.0 Å². The molecular weight excluding hydrogens is 328 g/mol. The highest BCUT2D eigenvalue weighted by atomic mass is 32.2. The maximum atomic E-state index is 12.5. The summed E-state index contributed by atoms with van der Waals surface area (Å²) in [5.74, 6) is -0.188. The first-order valence-corrected chi connectivity index (χ1v) is 10.0. The second-order valence-electron chi connectivity index (χ2n) is 5.05. The van der Waals surface area contributed by atoms with Gasteiger partial charge in [0.05, 0.1) is 17.3 Å². The van der Waals surface area contributed by atoms with Gasteiger partial charge in [0.2, 0.25) is 20.0 Å². The van der Waals surface area contributed by atoms with Gasteiger partial charge in [0.15, 0.2) is 0 Å². The third kappa shape index (κ3) is 4.19. The molecule has 0 unspecified atom stereocenters. The van der Waals surface area contributed by atoms with Crippen LogP contribution in [0.25, 0.3) is 0 Å². The van der Waals surface area contributed by atoms with Gasteiger partial charge in [-0.1, -0.05) is 6.07 Å². The number of methoxy groups -OCH3 is 1. The van der Waals surface area contributed by atoms with E-state index in [1.54, 1.807) is 0 Å². The molecule has 0 radical (unpaired) electrons. The highest BCUT2D eigenvalue weighted by Gasteiger charge is 2.27. The highest BCUT2D eigenvalue weighted by molar-refractivity contribution is 7.92. The Balaban J connectivity index is 2.20. The van der Waals surface area contributed by atoms with Gasteiger partial charge in [-0.2, -0.15) is 4.31 Å². The second kappa shape index (κ2) is 6.95. The standard InChI is InChI=1S/C13H20N2O5S2/c1-20-9-10-21(16,17)14-12-5-4-6-13(11-12)22(18,19)15-7-2-3-8-15/h4-6,11,14H,2-3,7-10H2,1H3. The third-order valence-electron chi connectivity index (χ3n) is 3.37. The molecule has 1 aromatic rings. The van der Waals surface area contributed by atoms with E-state index in [2.05, 4.69) is 4.72 Å². The molecule has 1 saturated heterocycles. The van der Waals surface area contributed by atoms with Crippen molar-refractivity contribution in [1.82, 2.24) is 4.31 Å². The Kier molecular flexibility index (Phi) is 5.43. The number of ether oxygens (including phenoxy) is 1. The molecule has 7 nitrogen and oxygen atoms in total. The van der Waals surface area contributed by atoms with E-state index in [0.717, 1.165) is 12.8 Å². The molecule has 22 heavy (non-hydrogen) atoms. The summed E-state index contributed by atoms with van der Waals surface area (Å²) in [6.07, 6.45) is 1.70. The molecule has 1 aliphatic heterocycles. The van der Waals surface area contributed by atoms with Crippen molar-refractivity contribution >= 4 is 25.7 Å². The first kappa shape index (κ1) is 17.2. The molecule has 0 saturated carbocycles. The van der Waals surface area contributed by atoms with E-state index in [1.807, 2.05) is 0 Å². The van der Waals surface area contributed by atoms with Gasteiger partial charge >= 0.3 is 0 Å². The minimum absolute atomic E-state index is 0.0705. The monoisotopic (exact) mass is 348 g/mol. The van der Waals surface area contributed by atoms with Crippen LogP contribution in [0.3, 0.4) is 0 Å². The zero-order valence-electron chi connectivity index (χ0n) is 12.4. The SMILES string of the molecule is COCCS(=O)(=O)Nc1cccc(S(=O)(=O)N2CCCC2)c1. The zero-order chi connectivity index (χ0) is 16.2. The third-order valence-corrected chi connectivity index (χ3v) is 6.51. The fourth-order valence-electron chi connectivity index (χ4n) is 2.22. The summed E-state index contributed by atoms with van der Waals surface area (Å²) in [4.78, 5) is 0.0985. The summed E-state index contributed by atoms with van der Waals surface area (Å²) in [5, 5.41) is 0. The zero-order valence-corrected chi connectivity index (χ0v) is 14.0. The Morgan fingerprint density at radius 2 is 1.86 bits per heavy atom. The first-order valence-electron chi connectivity index (χ1n) is 6.95. The minimum Gasteiger partial charge on any atom is -0.384 e. The van der Waals surface area contributed by atoms with E-state index < -0.39 is 20.0 Å². The van der Waals surface area contributed by atoms with Crippen LogP contribution in [0.5, 0.6) is 0 Å². The van der Waals surface area contributed by atoms with Gasteiger partial charge in [-0.15, -0.1) is 0 Å². The van der Waals surface area contributed by atoms with Crippen molar-refractivity contribution in [3.05, 3.63) is 24.3 Å². The van der Waals surface area contributed by atoms with E-state index in [1.165, 1.54) is 35.7 Å². The van der Waals surface area contributed by atoms with Crippen molar-refractivity contribution in [2.75, 3.05) is 37.3 Å². The Morgan fingerprint density at radius 1 is 1.18 bits per heavy atom. The lowest BCUT2D eigenvalue weighted by Crippen LogP contribution is -2.28. The van der Waals surface area contributed by atoms with E-state index in [4.69, 9.17) is 4.74 Å². The van der Waals surface area contributed by atoms with Crippen LogP contribution in [-0.4, -0.2) is 53.7 Å².